The summed E-state index contributed by atoms with van der Waals surface area (Å²) in [5.74, 6) is -0.985. The van der Waals surface area contributed by atoms with Crippen molar-refractivity contribution in [3.8, 4) is 11.6 Å². The van der Waals surface area contributed by atoms with Crippen LogP contribution in [-0.4, -0.2) is 27.2 Å². The molecule has 0 saturated carbocycles. The van der Waals surface area contributed by atoms with Gasteiger partial charge >= 0.3 is 5.97 Å². The molecule has 0 aliphatic carbocycles. The highest BCUT2D eigenvalue weighted by Gasteiger charge is 2.12. The fourth-order valence-corrected chi connectivity index (χ4v) is 1.85. The molecule has 1 heterocycles. The number of carbonyl (C=O) groups excluding carboxylic acids is 1. The molecule has 0 bridgehead atoms. The summed E-state index contributed by atoms with van der Waals surface area (Å²) in [7, 11) is 0. The van der Waals surface area contributed by atoms with Gasteiger partial charge in [-0.3, -0.25) is 4.79 Å². The van der Waals surface area contributed by atoms with Crippen molar-refractivity contribution in [1.82, 2.24) is 10.2 Å². The van der Waals surface area contributed by atoms with Crippen molar-refractivity contribution in [2.75, 3.05) is 0 Å². The molecule has 0 radical (unpaired) electrons. The van der Waals surface area contributed by atoms with Crippen molar-refractivity contribution < 1.29 is 19.4 Å². The summed E-state index contributed by atoms with van der Waals surface area (Å²) in [6.07, 6.45) is 0. The van der Waals surface area contributed by atoms with Crippen molar-refractivity contribution in [3.63, 3.8) is 0 Å². The van der Waals surface area contributed by atoms with Gasteiger partial charge < -0.3 is 15.6 Å². The molecule has 2 aromatic rings. The first-order valence-electron chi connectivity index (χ1n) is 6.04. The average molecular weight is 287 g/mol. The van der Waals surface area contributed by atoms with Crippen LogP contribution in [0.1, 0.15) is 32.0 Å². The van der Waals surface area contributed by atoms with E-state index in [1.165, 1.54) is 12.1 Å². The van der Waals surface area contributed by atoms with Gasteiger partial charge in [-0.05, 0) is 43.2 Å². The van der Waals surface area contributed by atoms with Crippen LogP contribution in [0, 0.1) is 13.8 Å². The largest absolute Gasteiger partial charge is 0.476 e. The predicted octanol–water partition coefficient (Wildman–Crippen LogP) is 1.68. The molecular formula is C14H13N3O4. The van der Waals surface area contributed by atoms with Crippen LogP contribution in [0.4, 0.5) is 0 Å². The third kappa shape index (κ3) is 3.14. The van der Waals surface area contributed by atoms with Crippen LogP contribution in [0.3, 0.4) is 0 Å². The predicted molar refractivity (Wildman–Crippen MR) is 73.5 cm³/mol. The van der Waals surface area contributed by atoms with Crippen LogP contribution in [0.25, 0.3) is 0 Å². The molecular weight excluding hydrogens is 274 g/mol. The summed E-state index contributed by atoms with van der Waals surface area (Å²) in [6, 6.07) is 5.94. The van der Waals surface area contributed by atoms with Gasteiger partial charge in [0, 0.05) is 11.6 Å². The first-order valence-corrected chi connectivity index (χ1v) is 6.04. The maximum atomic E-state index is 11.2. The van der Waals surface area contributed by atoms with E-state index >= 15 is 0 Å². The topological polar surface area (TPSA) is 115 Å². The van der Waals surface area contributed by atoms with Crippen LogP contribution >= 0.6 is 0 Å². The molecule has 0 saturated heterocycles. The molecule has 0 fully saturated rings. The number of primary amides is 1. The van der Waals surface area contributed by atoms with Gasteiger partial charge in [-0.15, -0.1) is 10.2 Å². The number of amides is 1. The fraction of sp³-hybridized carbons (Fsp3) is 0.143. The molecule has 108 valence electrons. The van der Waals surface area contributed by atoms with Gasteiger partial charge in [-0.25, -0.2) is 4.79 Å². The van der Waals surface area contributed by atoms with Crippen molar-refractivity contribution in [2.45, 2.75) is 13.8 Å². The van der Waals surface area contributed by atoms with Crippen LogP contribution in [0.5, 0.6) is 11.6 Å². The highest BCUT2D eigenvalue weighted by atomic mass is 16.5. The second kappa shape index (κ2) is 5.58. The van der Waals surface area contributed by atoms with Crippen LogP contribution in [0.15, 0.2) is 24.3 Å². The molecule has 0 spiro atoms. The smallest absolute Gasteiger partial charge is 0.356 e. The van der Waals surface area contributed by atoms with Gasteiger partial charge in [0.1, 0.15) is 5.75 Å². The van der Waals surface area contributed by atoms with E-state index in [4.69, 9.17) is 15.6 Å². The number of aromatic carboxylic acids is 1. The van der Waals surface area contributed by atoms with E-state index in [-0.39, 0.29) is 11.6 Å². The van der Waals surface area contributed by atoms with Crippen LogP contribution in [-0.2, 0) is 0 Å². The number of aryl methyl sites for hydroxylation is 2. The molecule has 7 nitrogen and oxygen atoms in total. The quantitative estimate of drug-likeness (QED) is 0.883. The maximum Gasteiger partial charge on any atom is 0.356 e. The summed E-state index contributed by atoms with van der Waals surface area (Å²) < 4.78 is 5.59. The molecule has 0 aliphatic heterocycles. The monoisotopic (exact) mass is 287 g/mol. The van der Waals surface area contributed by atoms with Crippen LogP contribution in [0.2, 0.25) is 0 Å². The first-order chi connectivity index (χ1) is 9.88. The van der Waals surface area contributed by atoms with E-state index in [2.05, 4.69) is 10.2 Å². The molecule has 21 heavy (non-hydrogen) atoms. The summed E-state index contributed by atoms with van der Waals surface area (Å²) >= 11 is 0. The highest BCUT2D eigenvalue weighted by Crippen LogP contribution is 2.28. The minimum Gasteiger partial charge on any atom is -0.476 e. The zero-order valence-corrected chi connectivity index (χ0v) is 11.5. The maximum absolute atomic E-state index is 11.2. The molecule has 1 aromatic heterocycles. The number of hydrogen-bond donors (Lipinski definition) is 2. The highest BCUT2D eigenvalue weighted by molar-refractivity contribution is 5.93. The Morgan fingerprint density at radius 1 is 1.14 bits per heavy atom. The van der Waals surface area contributed by atoms with Gasteiger partial charge in [0.15, 0.2) is 5.69 Å². The number of carboxylic acids is 1. The Labute approximate surface area is 120 Å². The van der Waals surface area contributed by atoms with Gasteiger partial charge in [0.25, 0.3) is 0 Å². The second-order valence-electron chi connectivity index (χ2n) is 4.47. The van der Waals surface area contributed by atoms with Crippen molar-refractivity contribution in [3.05, 3.63) is 46.6 Å². The van der Waals surface area contributed by atoms with E-state index in [1.54, 1.807) is 26.0 Å². The van der Waals surface area contributed by atoms with Gasteiger partial charge in [0.2, 0.25) is 11.8 Å². The number of benzene rings is 1. The average Bonchev–Trinajstić information content (AvgIpc) is 2.43. The van der Waals surface area contributed by atoms with Crippen LogP contribution < -0.4 is 10.5 Å². The molecule has 2 rings (SSSR count). The van der Waals surface area contributed by atoms with Gasteiger partial charge in [-0.2, -0.15) is 0 Å². The molecule has 3 N–H and O–H groups in total. The van der Waals surface area contributed by atoms with E-state index < -0.39 is 11.9 Å². The number of aromatic nitrogens is 2. The number of carboxylic acid groups (broad SMARTS) is 1. The molecule has 1 aromatic carbocycles. The number of hydrogen-bond acceptors (Lipinski definition) is 5. The van der Waals surface area contributed by atoms with E-state index in [9.17, 15) is 9.59 Å². The normalized spacial score (nSPS) is 10.2. The molecule has 1 amide bonds. The van der Waals surface area contributed by atoms with Crippen molar-refractivity contribution >= 4 is 11.9 Å². The lowest BCUT2D eigenvalue weighted by Crippen LogP contribution is -2.11. The lowest BCUT2D eigenvalue weighted by molar-refractivity contribution is 0.0688. The number of ether oxygens (including phenoxy) is 1. The standard InChI is InChI=1S/C14H13N3O4/c1-7-5-9(13(15)18)6-8(2)12(7)21-11-4-3-10(14(19)20)16-17-11/h3-6H,1-2H3,(H2,15,18)(H,19,20). The Hall–Kier alpha value is -2.96. The van der Waals surface area contributed by atoms with Gasteiger partial charge in [0.05, 0.1) is 0 Å². The van der Waals surface area contributed by atoms with Crippen molar-refractivity contribution in [1.29, 1.82) is 0 Å². The Bertz CT molecular complexity index is 688. The number of rotatable bonds is 4. The van der Waals surface area contributed by atoms with Gasteiger partial charge in [-0.1, -0.05) is 0 Å². The summed E-state index contributed by atoms with van der Waals surface area (Å²) in [4.78, 5) is 21.9. The summed E-state index contributed by atoms with van der Waals surface area (Å²) in [5.41, 5.74) is 6.90. The third-order valence-corrected chi connectivity index (χ3v) is 2.81. The molecule has 0 aliphatic rings. The summed E-state index contributed by atoms with van der Waals surface area (Å²) in [5, 5.41) is 16.0. The first kappa shape index (κ1) is 14.4. The molecule has 0 atom stereocenters. The van der Waals surface area contributed by atoms with E-state index in [0.29, 0.717) is 22.4 Å². The zero-order chi connectivity index (χ0) is 15.6. The SMILES string of the molecule is Cc1cc(C(N)=O)cc(C)c1Oc1ccc(C(=O)O)nn1. The Morgan fingerprint density at radius 2 is 1.76 bits per heavy atom. The second-order valence-corrected chi connectivity index (χ2v) is 4.47. The lowest BCUT2D eigenvalue weighted by Gasteiger charge is -2.11. The number of nitrogens with zero attached hydrogens (tertiary/aromatic N) is 2. The zero-order valence-electron chi connectivity index (χ0n) is 11.5. The molecule has 7 heteroatoms. The number of nitrogens with two attached hydrogens (primary N) is 1. The molecule has 0 unspecified atom stereocenters. The van der Waals surface area contributed by atoms with E-state index in [1.807, 2.05) is 0 Å². The Kier molecular flexibility index (Phi) is 3.84. The van der Waals surface area contributed by atoms with Crippen molar-refractivity contribution in [2.24, 2.45) is 5.73 Å². The number of carbonyl (C=O) groups is 2. The summed E-state index contributed by atoms with van der Waals surface area (Å²) in [6.45, 7) is 3.54. The third-order valence-electron chi connectivity index (χ3n) is 2.81. The fourth-order valence-electron chi connectivity index (χ4n) is 1.85. The lowest BCUT2D eigenvalue weighted by atomic mass is 10.1. The van der Waals surface area contributed by atoms with E-state index in [0.717, 1.165) is 0 Å². The minimum atomic E-state index is -1.16. The minimum absolute atomic E-state index is 0.165. The Balaban J connectivity index is 2.31. The Morgan fingerprint density at radius 3 is 2.19 bits per heavy atom.